The van der Waals surface area contributed by atoms with E-state index in [0.29, 0.717) is 23.0 Å². The van der Waals surface area contributed by atoms with E-state index in [1.54, 1.807) is 13.2 Å². The largest absolute Gasteiger partial charge is 0.396 e. The van der Waals surface area contributed by atoms with Crippen molar-refractivity contribution in [3.8, 4) is 0 Å². The first kappa shape index (κ1) is 10.4. The van der Waals surface area contributed by atoms with Crippen LogP contribution in [0.3, 0.4) is 0 Å². The van der Waals surface area contributed by atoms with Crippen molar-refractivity contribution in [3.63, 3.8) is 0 Å². The lowest BCUT2D eigenvalue weighted by atomic mass is 10.2. The van der Waals surface area contributed by atoms with Crippen molar-refractivity contribution in [2.24, 2.45) is 7.05 Å². The lowest BCUT2D eigenvalue weighted by Gasteiger charge is -2.00. The Labute approximate surface area is 84.7 Å². The molecule has 1 rings (SSSR count). The number of aryl methyl sites for hydroxylation is 1. The van der Waals surface area contributed by atoms with Gasteiger partial charge in [0.1, 0.15) is 5.69 Å². The molecule has 0 fully saturated rings. The number of aliphatic hydroxyl groups is 1. The highest BCUT2D eigenvalue weighted by molar-refractivity contribution is 9.10. The lowest BCUT2D eigenvalue weighted by molar-refractivity contribution is 0.0961. The molecule has 72 valence electrons. The number of nitrogens with zero attached hydrogens (tertiary/aromatic N) is 2. The van der Waals surface area contributed by atoms with Gasteiger partial charge in [0.15, 0.2) is 5.78 Å². The van der Waals surface area contributed by atoms with E-state index in [4.69, 9.17) is 5.11 Å². The van der Waals surface area contributed by atoms with E-state index >= 15 is 0 Å². The van der Waals surface area contributed by atoms with Crippen molar-refractivity contribution in [3.05, 3.63) is 16.4 Å². The molecule has 4 nitrogen and oxygen atoms in total. The smallest absolute Gasteiger partial charge is 0.182 e. The van der Waals surface area contributed by atoms with Crippen molar-refractivity contribution in [1.29, 1.82) is 0 Å². The second kappa shape index (κ2) is 4.53. The molecule has 0 atom stereocenters. The number of Topliss-reactive ketones (excluding diaryl/α,β-unsaturated/α-hetero) is 1. The van der Waals surface area contributed by atoms with Crippen LogP contribution in [0.25, 0.3) is 0 Å². The Morgan fingerprint density at radius 2 is 2.46 bits per heavy atom. The molecule has 0 aliphatic rings. The summed E-state index contributed by atoms with van der Waals surface area (Å²) in [4.78, 5) is 11.5. The Hall–Kier alpha value is -0.680. The Kier molecular flexibility index (Phi) is 3.62. The predicted octanol–water partition coefficient (Wildman–Crippen LogP) is 1.14. The van der Waals surface area contributed by atoms with Crippen molar-refractivity contribution in [2.75, 3.05) is 6.61 Å². The van der Waals surface area contributed by atoms with Crippen LogP contribution in [0.1, 0.15) is 23.3 Å². The molecule has 1 N–H and O–H groups in total. The van der Waals surface area contributed by atoms with E-state index in [9.17, 15) is 4.79 Å². The SMILES string of the molecule is Cn1ncc(Br)c1C(=O)CCCO. The van der Waals surface area contributed by atoms with E-state index in [-0.39, 0.29) is 12.4 Å². The molecular weight excluding hydrogens is 236 g/mol. The number of hydrogen-bond acceptors (Lipinski definition) is 3. The molecule has 5 heteroatoms. The zero-order valence-electron chi connectivity index (χ0n) is 7.33. The average Bonchev–Trinajstić information content (AvgIpc) is 2.42. The highest BCUT2D eigenvalue weighted by Crippen LogP contribution is 2.17. The van der Waals surface area contributed by atoms with Gasteiger partial charge in [-0.1, -0.05) is 0 Å². The maximum absolute atomic E-state index is 11.5. The zero-order chi connectivity index (χ0) is 9.84. The zero-order valence-corrected chi connectivity index (χ0v) is 8.91. The van der Waals surface area contributed by atoms with Gasteiger partial charge in [-0.2, -0.15) is 5.10 Å². The van der Waals surface area contributed by atoms with Crippen LogP contribution in [0.5, 0.6) is 0 Å². The van der Waals surface area contributed by atoms with Gasteiger partial charge in [-0.05, 0) is 22.4 Å². The Morgan fingerprint density at radius 1 is 1.77 bits per heavy atom. The van der Waals surface area contributed by atoms with E-state index in [1.165, 1.54) is 4.68 Å². The minimum atomic E-state index is 0.000856. The monoisotopic (exact) mass is 246 g/mol. The van der Waals surface area contributed by atoms with Crippen LogP contribution in [-0.4, -0.2) is 27.3 Å². The molecule has 0 aliphatic carbocycles. The predicted molar refractivity (Wildman–Crippen MR) is 51.6 cm³/mol. The van der Waals surface area contributed by atoms with E-state index in [1.807, 2.05) is 0 Å². The van der Waals surface area contributed by atoms with Crippen molar-refractivity contribution in [1.82, 2.24) is 9.78 Å². The Bertz CT molecular complexity index is 290. The molecule has 0 amide bonds. The van der Waals surface area contributed by atoms with Crippen LogP contribution in [-0.2, 0) is 7.05 Å². The van der Waals surface area contributed by atoms with Gasteiger partial charge in [-0.15, -0.1) is 0 Å². The molecule has 0 aliphatic heterocycles. The molecule has 0 radical (unpaired) electrons. The van der Waals surface area contributed by atoms with Gasteiger partial charge in [0.2, 0.25) is 0 Å². The average molecular weight is 247 g/mol. The summed E-state index contributed by atoms with van der Waals surface area (Å²) in [6.45, 7) is 0.0429. The number of carbonyl (C=O) groups is 1. The fourth-order valence-electron chi connectivity index (χ4n) is 1.08. The Morgan fingerprint density at radius 3 is 2.92 bits per heavy atom. The van der Waals surface area contributed by atoms with Crippen LogP contribution >= 0.6 is 15.9 Å². The summed E-state index contributed by atoms with van der Waals surface area (Å²) in [5.74, 6) is 0.000856. The minimum Gasteiger partial charge on any atom is -0.396 e. The molecule has 1 heterocycles. The third-order valence-corrected chi connectivity index (χ3v) is 2.30. The molecule has 0 unspecified atom stereocenters. The van der Waals surface area contributed by atoms with Gasteiger partial charge in [-0.25, -0.2) is 0 Å². The fourth-order valence-corrected chi connectivity index (χ4v) is 1.65. The van der Waals surface area contributed by atoms with Crippen LogP contribution in [0.4, 0.5) is 0 Å². The number of aromatic nitrogens is 2. The van der Waals surface area contributed by atoms with Gasteiger partial charge < -0.3 is 5.11 Å². The molecule has 0 spiro atoms. The second-order valence-corrected chi connectivity index (χ2v) is 3.57. The van der Waals surface area contributed by atoms with Gasteiger partial charge in [0, 0.05) is 20.1 Å². The summed E-state index contributed by atoms with van der Waals surface area (Å²) in [5, 5.41) is 12.5. The van der Waals surface area contributed by atoms with Crippen molar-refractivity contribution >= 4 is 21.7 Å². The van der Waals surface area contributed by atoms with Crippen molar-refractivity contribution < 1.29 is 9.90 Å². The highest BCUT2D eigenvalue weighted by atomic mass is 79.9. The number of rotatable bonds is 4. The third kappa shape index (κ3) is 2.38. The van der Waals surface area contributed by atoms with Crippen LogP contribution in [0, 0.1) is 0 Å². The van der Waals surface area contributed by atoms with E-state index in [0.717, 1.165) is 0 Å². The van der Waals surface area contributed by atoms with E-state index in [2.05, 4.69) is 21.0 Å². The minimum absolute atomic E-state index is 0.000856. The topological polar surface area (TPSA) is 55.1 Å². The van der Waals surface area contributed by atoms with Crippen molar-refractivity contribution in [2.45, 2.75) is 12.8 Å². The lowest BCUT2D eigenvalue weighted by Crippen LogP contribution is -2.08. The van der Waals surface area contributed by atoms with Gasteiger partial charge >= 0.3 is 0 Å². The normalized spacial score (nSPS) is 10.4. The maximum Gasteiger partial charge on any atom is 0.182 e. The molecule has 0 bridgehead atoms. The summed E-state index contributed by atoms with van der Waals surface area (Å²) in [7, 11) is 1.72. The fraction of sp³-hybridized carbons (Fsp3) is 0.500. The number of hydrogen-bond donors (Lipinski definition) is 1. The summed E-state index contributed by atoms with van der Waals surface area (Å²) in [6, 6.07) is 0. The molecule has 13 heavy (non-hydrogen) atoms. The first-order chi connectivity index (χ1) is 6.16. The summed E-state index contributed by atoms with van der Waals surface area (Å²) < 4.78 is 2.24. The molecule has 0 aromatic carbocycles. The number of aliphatic hydroxyl groups excluding tert-OH is 1. The number of ketones is 1. The molecule has 1 aromatic rings. The second-order valence-electron chi connectivity index (χ2n) is 2.72. The molecule has 0 saturated carbocycles. The first-order valence-electron chi connectivity index (χ1n) is 3.98. The Balaban J connectivity index is 2.76. The summed E-state index contributed by atoms with van der Waals surface area (Å²) >= 11 is 3.24. The van der Waals surface area contributed by atoms with Crippen LogP contribution < -0.4 is 0 Å². The molecule has 0 saturated heterocycles. The molecular formula is C8H11BrN2O2. The first-order valence-corrected chi connectivity index (χ1v) is 4.77. The van der Waals surface area contributed by atoms with Gasteiger partial charge in [-0.3, -0.25) is 9.48 Å². The van der Waals surface area contributed by atoms with Crippen LogP contribution in [0.15, 0.2) is 10.7 Å². The number of carbonyl (C=O) groups excluding carboxylic acids is 1. The quantitative estimate of drug-likeness (QED) is 0.811. The molecule has 1 aromatic heterocycles. The van der Waals surface area contributed by atoms with Crippen LogP contribution in [0.2, 0.25) is 0 Å². The summed E-state index contributed by atoms with van der Waals surface area (Å²) in [6.07, 6.45) is 2.44. The highest BCUT2D eigenvalue weighted by Gasteiger charge is 2.13. The standard InChI is InChI=1S/C8H11BrN2O2/c1-11-8(6(9)5-10-11)7(13)3-2-4-12/h5,12H,2-4H2,1H3. The van der Waals surface area contributed by atoms with Gasteiger partial charge in [0.25, 0.3) is 0 Å². The van der Waals surface area contributed by atoms with Gasteiger partial charge in [0.05, 0.1) is 10.7 Å². The summed E-state index contributed by atoms with van der Waals surface area (Å²) in [5.41, 5.74) is 0.563. The third-order valence-electron chi connectivity index (χ3n) is 1.72. The van der Waals surface area contributed by atoms with E-state index < -0.39 is 0 Å². The number of halogens is 1. The maximum atomic E-state index is 11.5.